The number of hydrogen-bond donors (Lipinski definition) is 1. The van der Waals surface area contributed by atoms with Crippen LogP contribution < -0.4 is 10.1 Å². The first kappa shape index (κ1) is 17.1. The summed E-state index contributed by atoms with van der Waals surface area (Å²) >= 11 is 3.02. The summed E-state index contributed by atoms with van der Waals surface area (Å²) in [6.07, 6.45) is 6.28. The number of carbonyl (C=O) groups excluding carboxylic acids is 1. The van der Waals surface area contributed by atoms with Crippen molar-refractivity contribution in [1.82, 2.24) is 15.3 Å². The normalized spacial score (nSPS) is 15.3. The smallest absolute Gasteiger partial charge is 0.270 e. The summed E-state index contributed by atoms with van der Waals surface area (Å²) in [5.74, 6) is 0.729. The molecule has 132 valence electrons. The Bertz CT molecular complexity index is 928. The zero-order valence-corrected chi connectivity index (χ0v) is 15.8. The number of rotatable bonds is 5. The molecule has 0 saturated carbocycles. The van der Waals surface area contributed by atoms with Crippen molar-refractivity contribution >= 4 is 29.0 Å². The quantitative estimate of drug-likeness (QED) is 0.681. The molecular formula is C19H17N3O2S2. The minimum atomic E-state index is -0.155. The minimum absolute atomic E-state index is 0.0586. The molecule has 26 heavy (non-hydrogen) atoms. The number of pyridine rings is 1. The molecule has 0 fully saturated rings. The van der Waals surface area contributed by atoms with E-state index in [1.807, 2.05) is 36.7 Å². The Balaban J connectivity index is 1.38. The summed E-state index contributed by atoms with van der Waals surface area (Å²) in [5.41, 5.74) is 3.83. The average Bonchev–Trinajstić information content (AvgIpc) is 3.32. The lowest BCUT2D eigenvalue weighted by molar-refractivity contribution is 0.0929. The molecule has 3 heterocycles. The molecule has 2 aromatic heterocycles. The predicted molar refractivity (Wildman–Crippen MR) is 104 cm³/mol. The summed E-state index contributed by atoms with van der Waals surface area (Å²) in [5, 5.41) is 4.70. The molecule has 1 aliphatic rings. The highest BCUT2D eigenvalue weighted by Crippen LogP contribution is 2.32. The molecule has 7 heteroatoms. The van der Waals surface area contributed by atoms with Crippen LogP contribution in [0.25, 0.3) is 11.1 Å². The molecule has 0 aliphatic carbocycles. The molecule has 0 spiro atoms. The number of nitrogens with one attached hydrogen (secondary N) is 1. The third kappa shape index (κ3) is 3.59. The molecule has 0 saturated heterocycles. The van der Waals surface area contributed by atoms with Crippen molar-refractivity contribution < 1.29 is 9.53 Å². The summed E-state index contributed by atoms with van der Waals surface area (Å²) in [4.78, 5) is 20.7. The molecule has 1 atom stereocenters. The van der Waals surface area contributed by atoms with Crippen LogP contribution in [0.5, 0.6) is 5.75 Å². The number of hydrogen-bond acceptors (Lipinski definition) is 6. The van der Waals surface area contributed by atoms with Crippen LogP contribution in [0.15, 0.2) is 52.4 Å². The average molecular weight is 383 g/mol. The molecule has 4 rings (SSSR count). The summed E-state index contributed by atoms with van der Waals surface area (Å²) in [7, 11) is 0. The Morgan fingerprint density at radius 1 is 1.38 bits per heavy atom. The van der Waals surface area contributed by atoms with E-state index >= 15 is 0 Å². The van der Waals surface area contributed by atoms with Gasteiger partial charge in [0, 0.05) is 29.8 Å². The molecule has 1 amide bonds. The SMILES string of the molecule is CSc1nc(C(=O)NCC2Cc3cc(-c4cccnc4)ccc3O2)cs1. The van der Waals surface area contributed by atoms with E-state index in [4.69, 9.17) is 4.74 Å². The Morgan fingerprint density at radius 2 is 2.31 bits per heavy atom. The van der Waals surface area contributed by atoms with Crippen LogP contribution in [0.4, 0.5) is 0 Å². The van der Waals surface area contributed by atoms with Gasteiger partial charge in [0.2, 0.25) is 0 Å². The summed E-state index contributed by atoms with van der Waals surface area (Å²) < 4.78 is 6.85. The number of benzene rings is 1. The number of thioether (sulfide) groups is 1. The highest BCUT2D eigenvalue weighted by molar-refractivity contribution is 8.00. The van der Waals surface area contributed by atoms with E-state index in [-0.39, 0.29) is 12.0 Å². The minimum Gasteiger partial charge on any atom is -0.488 e. The molecule has 1 N–H and O–H groups in total. The summed E-state index contributed by atoms with van der Waals surface area (Å²) in [6.45, 7) is 0.460. The van der Waals surface area contributed by atoms with Gasteiger partial charge in [-0.25, -0.2) is 4.98 Å². The van der Waals surface area contributed by atoms with Crippen molar-refractivity contribution in [1.29, 1.82) is 0 Å². The molecule has 5 nitrogen and oxygen atoms in total. The molecule has 0 bridgehead atoms. The molecule has 0 radical (unpaired) electrons. The zero-order chi connectivity index (χ0) is 17.9. The Hall–Kier alpha value is -2.38. The Morgan fingerprint density at radius 3 is 3.08 bits per heavy atom. The van der Waals surface area contributed by atoms with E-state index in [9.17, 15) is 4.79 Å². The lowest BCUT2D eigenvalue weighted by Crippen LogP contribution is -2.34. The lowest BCUT2D eigenvalue weighted by Gasteiger charge is -2.11. The van der Waals surface area contributed by atoms with Gasteiger partial charge in [-0.3, -0.25) is 9.78 Å². The van der Waals surface area contributed by atoms with Gasteiger partial charge >= 0.3 is 0 Å². The number of carbonyl (C=O) groups is 1. The van der Waals surface area contributed by atoms with E-state index in [2.05, 4.69) is 21.4 Å². The van der Waals surface area contributed by atoms with Gasteiger partial charge in [0.15, 0.2) is 0 Å². The second kappa shape index (κ2) is 7.47. The van der Waals surface area contributed by atoms with Crippen molar-refractivity contribution in [2.45, 2.75) is 16.9 Å². The van der Waals surface area contributed by atoms with Crippen molar-refractivity contribution in [2.24, 2.45) is 0 Å². The van der Waals surface area contributed by atoms with Crippen molar-refractivity contribution in [3.63, 3.8) is 0 Å². The highest BCUT2D eigenvalue weighted by Gasteiger charge is 2.24. The van der Waals surface area contributed by atoms with Gasteiger partial charge in [-0.1, -0.05) is 23.9 Å². The number of ether oxygens (including phenoxy) is 1. The van der Waals surface area contributed by atoms with Crippen LogP contribution in [-0.2, 0) is 6.42 Å². The standard InChI is InChI=1S/C19H17N3O2S2/c1-25-19-22-16(11-26-19)18(23)21-10-15-8-14-7-12(4-5-17(14)24-15)13-3-2-6-20-9-13/h2-7,9,11,15H,8,10H2,1H3,(H,21,23). The van der Waals surface area contributed by atoms with Gasteiger partial charge in [-0.15, -0.1) is 11.3 Å². The fraction of sp³-hybridized carbons (Fsp3) is 0.211. The number of nitrogens with zero attached hydrogens (tertiary/aromatic N) is 2. The van der Waals surface area contributed by atoms with Gasteiger partial charge in [0.25, 0.3) is 5.91 Å². The topological polar surface area (TPSA) is 64.1 Å². The number of amides is 1. The second-order valence-corrected chi connectivity index (χ2v) is 7.83. The van der Waals surface area contributed by atoms with Crippen LogP contribution >= 0.6 is 23.1 Å². The van der Waals surface area contributed by atoms with Gasteiger partial charge in [0.1, 0.15) is 21.9 Å². The lowest BCUT2D eigenvalue weighted by atomic mass is 10.0. The van der Waals surface area contributed by atoms with E-state index in [1.165, 1.54) is 23.1 Å². The second-order valence-electron chi connectivity index (χ2n) is 5.92. The number of thiazole rings is 1. The Labute approximate surface area is 159 Å². The maximum atomic E-state index is 12.2. The fourth-order valence-corrected chi connectivity index (χ4v) is 4.14. The summed E-state index contributed by atoms with van der Waals surface area (Å²) in [6, 6.07) is 10.1. The van der Waals surface area contributed by atoms with Gasteiger partial charge < -0.3 is 10.1 Å². The van der Waals surface area contributed by atoms with Gasteiger partial charge in [-0.2, -0.15) is 0 Å². The third-order valence-electron chi connectivity index (χ3n) is 4.18. The predicted octanol–water partition coefficient (Wildman–Crippen LogP) is 3.66. The number of fused-ring (bicyclic) bond motifs is 1. The van der Waals surface area contributed by atoms with Gasteiger partial charge in [-0.05, 0) is 35.6 Å². The Kier molecular flexibility index (Phi) is 4.90. The monoisotopic (exact) mass is 383 g/mol. The van der Waals surface area contributed by atoms with E-state index in [0.717, 1.165) is 33.2 Å². The van der Waals surface area contributed by atoms with Crippen molar-refractivity contribution in [2.75, 3.05) is 12.8 Å². The van der Waals surface area contributed by atoms with Crippen LogP contribution in [0.3, 0.4) is 0 Å². The van der Waals surface area contributed by atoms with Crippen LogP contribution in [0, 0.1) is 0 Å². The molecule has 1 aliphatic heterocycles. The zero-order valence-electron chi connectivity index (χ0n) is 14.1. The van der Waals surface area contributed by atoms with E-state index in [1.54, 1.807) is 11.6 Å². The highest BCUT2D eigenvalue weighted by atomic mass is 32.2. The van der Waals surface area contributed by atoms with Crippen LogP contribution in [0.1, 0.15) is 16.1 Å². The van der Waals surface area contributed by atoms with Crippen molar-refractivity contribution in [3.05, 3.63) is 59.4 Å². The molecule has 1 aromatic carbocycles. The number of aromatic nitrogens is 2. The fourth-order valence-electron chi connectivity index (χ4n) is 2.90. The van der Waals surface area contributed by atoms with Crippen molar-refractivity contribution in [3.8, 4) is 16.9 Å². The van der Waals surface area contributed by atoms with E-state index < -0.39 is 0 Å². The van der Waals surface area contributed by atoms with Gasteiger partial charge in [0.05, 0.1) is 6.54 Å². The van der Waals surface area contributed by atoms with Crippen LogP contribution in [-0.4, -0.2) is 34.8 Å². The third-order valence-corrected chi connectivity index (χ3v) is 6.04. The van der Waals surface area contributed by atoms with E-state index in [0.29, 0.717) is 12.2 Å². The maximum absolute atomic E-state index is 12.2. The maximum Gasteiger partial charge on any atom is 0.270 e. The molecule has 3 aromatic rings. The molecule has 1 unspecified atom stereocenters. The first-order valence-electron chi connectivity index (χ1n) is 8.20. The first-order valence-corrected chi connectivity index (χ1v) is 10.3. The first-order chi connectivity index (χ1) is 12.7. The van der Waals surface area contributed by atoms with Crippen LogP contribution in [0.2, 0.25) is 0 Å². The molecular weight excluding hydrogens is 366 g/mol. The largest absolute Gasteiger partial charge is 0.488 e.